The van der Waals surface area contributed by atoms with E-state index in [1.54, 1.807) is 10.4 Å². The summed E-state index contributed by atoms with van der Waals surface area (Å²) in [7, 11) is -3.49. The highest BCUT2D eigenvalue weighted by atomic mass is 32.2. The quantitative estimate of drug-likeness (QED) is 0.754. The van der Waals surface area contributed by atoms with Crippen molar-refractivity contribution in [2.75, 3.05) is 13.1 Å². The lowest BCUT2D eigenvalue weighted by Crippen LogP contribution is -2.40. The Bertz CT molecular complexity index is 929. The lowest BCUT2D eigenvalue weighted by atomic mass is 9.90. The molecule has 1 heterocycles. The first-order valence-corrected chi connectivity index (χ1v) is 11.2. The SMILES string of the molecule is O=C(c1ccccc1)C1CCN(S(=O)(=O)c2ccc3c(c2)CCCC3)CC1. The maximum absolute atomic E-state index is 13.1. The maximum Gasteiger partial charge on any atom is 0.243 e. The van der Waals surface area contributed by atoms with Crippen molar-refractivity contribution < 1.29 is 13.2 Å². The molecule has 0 radical (unpaired) electrons. The minimum atomic E-state index is -3.49. The second-order valence-corrected chi connectivity index (χ2v) is 9.48. The van der Waals surface area contributed by atoms with Gasteiger partial charge in [0, 0.05) is 24.6 Å². The molecule has 27 heavy (non-hydrogen) atoms. The summed E-state index contributed by atoms with van der Waals surface area (Å²) in [5, 5.41) is 0. The van der Waals surface area contributed by atoms with Crippen LogP contribution in [0.15, 0.2) is 53.4 Å². The summed E-state index contributed by atoms with van der Waals surface area (Å²) in [6.07, 6.45) is 5.48. The number of ketones is 1. The van der Waals surface area contributed by atoms with Gasteiger partial charge >= 0.3 is 0 Å². The summed E-state index contributed by atoms with van der Waals surface area (Å²) in [6.45, 7) is 0.811. The minimum Gasteiger partial charge on any atom is -0.294 e. The van der Waals surface area contributed by atoms with E-state index in [2.05, 4.69) is 0 Å². The van der Waals surface area contributed by atoms with Gasteiger partial charge in [-0.05, 0) is 61.8 Å². The second kappa shape index (κ2) is 7.56. The van der Waals surface area contributed by atoms with E-state index in [0.717, 1.165) is 19.3 Å². The molecule has 0 atom stereocenters. The number of rotatable bonds is 4. The van der Waals surface area contributed by atoms with E-state index in [9.17, 15) is 13.2 Å². The van der Waals surface area contributed by atoms with Gasteiger partial charge in [0.15, 0.2) is 5.78 Å². The van der Waals surface area contributed by atoms with Gasteiger partial charge in [0.05, 0.1) is 4.90 Å². The Labute approximate surface area is 161 Å². The van der Waals surface area contributed by atoms with Crippen LogP contribution in [0, 0.1) is 5.92 Å². The lowest BCUT2D eigenvalue weighted by molar-refractivity contribution is 0.0875. The Morgan fingerprint density at radius 1 is 0.889 bits per heavy atom. The average Bonchev–Trinajstić information content (AvgIpc) is 2.73. The molecule has 4 nitrogen and oxygen atoms in total. The van der Waals surface area contributed by atoms with Crippen LogP contribution >= 0.6 is 0 Å². The fourth-order valence-electron chi connectivity index (χ4n) is 4.22. The fourth-order valence-corrected chi connectivity index (χ4v) is 5.74. The number of hydrogen-bond donors (Lipinski definition) is 0. The molecule has 0 bridgehead atoms. The third-order valence-electron chi connectivity index (χ3n) is 5.84. The van der Waals surface area contributed by atoms with E-state index in [4.69, 9.17) is 0 Å². The predicted molar refractivity (Wildman–Crippen MR) is 105 cm³/mol. The number of sulfonamides is 1. The number of carbonyl (C=O) groups is 1. The van der Waals surface area contributed by atoms with Crippen LogP contribution < -0.4 is 0 Å². The molecule has 0 amide bonds. The molecule has 0 N–H and O–H groups in total. The van der Waals surface area contributed by atoms with Gasteiger partial charge in [-0.1, -0.05) is 36.4 Å². The molecule has 2 aromatic carbocycles. The highest BCUT2D eigenvalue weighted by Gasteiger charge is 2.32. The third-order valence-corrected chi connectivity index (χ3v) is 7.74. The van der Waals surface area contributed by atoms with Crippen LogP contribution in [-0.2, 0) is 22.9 Å². The molecule has 0 aromatic heterocycles. The number of fused-ring (bicyclic) bond motifs is 1. The molecule has 142 valence electrons. The number of aryl methyl sites for hydroxylation is 2. The third kappa shape index (κ3) is 3.71. The van der Waals surface area contributed by atoms with Crippen molar-refractivity contribution >= 4 is 15.8 Å². The molecule has 2 aliphatic rings. The topological polar surface area (TPSA) is 54.5 Å². The van der Waals surface area contributed by atoms with E-state index in [0.29, 0.717) is 36.4 Å². The molecule has 5 heteroatoms. The minimum absolute atomic E-state index is 0.0950. The van der Waals surface area contributed by atoms with Crippen molar-refractivity contribution in [3.8, 4) is 0 Å². The Hall–Kier alpha value is -1.98. The van der Waals surface area contributed by atoms with Crippen molar-refractivity contribution in [2.24, 2.45) is 5.92 Å². The fraction of sp³-hybridized carbons (Fsp3) is 0.409. The first kappa shape index (κ1) is 18.4. The van der Waals surface area contributed by atoms with Gasteiger partial charge < -0.3 is 0 Å². The number of piperidine rings is 1. The molecule has 0 spiro atoms. The van der Waals surface area contributed by atoms with E-state index in [1.165, 1.54) is 17.5 Å². The van der Waals surface area contributed by atoms with Gasteiger partial charge in [-0.15, -0.1) is 0 Å². The van der Waals surface area contributed by atoms with Gasteiger partial charge in [0.25, 0.3) is 0 Å². The summed E-state index contributed by atoms with van der Waals surface area (Å²) in [5.41, 5.74) is 3.18. The van der Waals surface area contributed by atoms with Crippen molar-refractivity contribution in [2.45, 2.75) is 43.4 Å². The standard InChI is InChI=1S/C22H25NO3S/c24-22(18-7-2-1-3-8-18)19-12-14-23(15-13-19)27(25,26)21-11-10-17-6-4-5-9-20(17)16-21/h1-3,7-8,10-11,16,19H,4-6,9,12-15H2. The first-order valence-electron chi connectivity index (χ1n) is 9.77. The summed E-state index contributed by atoms with van der Waals surface area (Å²) >= 11 is 0. The van der Waals surface area contributed by atoms with Crippen LogP contribution in [0.5, 0.6) is 0 Å². The van der Waals surface area contributed by atoms with E-state index in [1.807, 2.05) is 42.5 Å². The van der Waals surface area contributed by atoms with Crippen molar-refractivity contribution in [1.29, 1.82) is 0 Å². The summed E-state index contributed by atoms with van der Waals surface area (Å²) < 4.78 is 27.7. The lowest BCUT2D eigenvalue weighted by Gasteiger charge is -2.31. The zero-order valence-corrected chi connectivity index (χ0v) is 16.2. The van der Waals surface area contributed by atoms with Gasteiger partial charge in [0.2, 0.25) is 10.0 Å². The number of carbonyl (C=O) groups excluding carboxylic acids is 1. The van der Waals surface area contributed by atoms with Gasteiger partial charge in [-0.3, -0.25) is 4.79 Å². The Morgan fingerprint density at radius 2 is 1.56 bits per heavy atom. The molecule has 0 unspecified atom stereocenters. The molecular weight excluding hydrogens is 358 g/mol. The highest BCUT2D eigenvalue weighted by Crippen LogP contribution is 2.29. The Kier molecular flexibility index (Phi) is 5.15. The van der Waals surface area contributed by atoms with E-state index < -0.39 is 10.0 Å². The van der Waals surface area contributed by atoms with E-state index in [-0.39, 0.29) is 11.7 Å². The molecule has 1 saturated heterocycles. The average molecular weight is 384 g/mol. The van der Waals surface area contributed by atoms with Crippen LogP contribution in [0.2, 0.25) is 0 Å². The summed E-state index contributed by atoms with van der Waals surface area (Å²) in [5.74, 6) is 0.0313. The zero-order chi connectivity index (χ0) is 18.9. The van der Waals surface area contributed by atoms with Gasteiger partial charge in [-0.2, -0.15) is 4.31 Å². The smallest absolute Gasteiger partial charge is 0.243 e. The van der Waals surface area contributed by atoms with Crippen LogP contribution in [-0.4, -0.2) is 31.6 Å². The molecule has 1 aliphatic heterocycles. The van der Waals surface area contributed by atoms with E-state index >= 15 is 0 Å². The van der Waals surface area contributed by atoms with Crippen LogP contribution in [0.1, 0.15) is 47.2 Å². The number of nitrogens with zero attached hydrogens (tertiary/aromatic N) is 1. The molecule has 0 saturated carbocycles. The van der Waals surface area contributed by atoms with Crippen molar-refractivity contribution in [3.63, 3.8) is 0 Å². The number of Topliss-reactive ketones (excluding diaryl/α,β-unsaturated/α-hetero) is 1. The normalized spacial score (nSPS) is 18.8. The van der Waals surface area contributed by atoms with Crippen LogP contribution in [0.4, 0.5) is 0 Å². The van der Waals surface area contributed by atoms with Crippen LogP contribution in [0.3, 0.4) is 0 Å². The number of benzene rings is 2. The van der Waals surface area contributed by atoms with Gasteiger partial charge in [-0.25, -0.2) is 8.42 Å². The van der Waals surface area contributed by atoms with Gasteiger partial charge in [0.1, 0.15) is 0 Å². The molecule has 4 rings (SSSR count). The highest BCUT2D eigenvalue weighted by molar-refractivity contribution is 7.89. The largest absolute Gasteiger partial charge is 0.294 e. The molecule has 1 fully saturated rings. The summed E-state index contributed by atoms with van der Waals surface area (Å²) in [4.78, 5) is 13.0. The number of hydrogen-bond acceptors (Lipinski definition) is 3. The molecular formula is C22H25NO3S. The van der Waals surface area contributed by atoms with Crippen LogP contribution in [0.25, 0.3) is 0 Å². The molecule has 2 aromatic rings. The monoisotopic (exact) mass is 383 g/mol. The second-order valence-electron chi connectivity index (χ2n) is 7.55. The summed E-state index contributed by atoms with van der Waals surface area (Å²) in [6, 6.07) is 14.9. The Morgan fingerprint density at radius 3 is 2.26 bits per heavy atom. The van der Waals surface area contributed by atoms with Crippen molar-refractivity contribution in [3.05, 3.63) is 65.2 Å². The zero-order valence-electron chi connectivity index (χ0n) is 15.4. The van der Waals surface area contributed by atoms with Crippen molar-refractivity contribution in [1.82, 2.24) is 4.31 Å². The predicted octanol–water partition coefficient (Wildman–Crippen LogP) is 3.85. The first-order chi connectivity index (χ1) is 13.1. The maximum atomic E-state index is 13.1. The Balaban J connectivity index is 1.46. The molecule has 1 aliphatic carbocycles.